The Kier molecular flexibility index (Phi) is 10.9. The van der Waals surface area contributed by atoms with Crippen LogP contribution in [0.3, 0.4) is 0 Å². The number of nitrogens with zero attached hydrogens (tertiary/aromatic N) is 4. The van der Waals surface area contributed by atoms with Crippen LogP contribution in [-0.4, -0.2) is 30.8 Å². The zero-order chi connectivity index (χ0) is 38.4. The van der Waals surface area contributed by atoms with Gasteiger partial charge in [0.05, 0.1) is 0 Å². The van der Waals surface area contributed by atoms with Crippen molar-refractivity contribution in [1.29, 1.82) is 0 Å². The van der Waals surface area contributed by atoms with Gasteiger partial charge < -0.3 is 19.8 Å². The number of hydrogen-bond acceptors (Lipinski definition) is 4. The van der Waals surface area contributed by atoms with Gasteiger partial charge in [-0.2, -0.15) is 0 Å². The molecule has 0 N–H and O–H groups in total. The molecule has 0 bridgehead atoms. The van der Waals surface area contributed by atoms with Crippen LogP contribution >= 0.6 is 0 Å². The van der Waals surface area contributed by atoms with E-state index in [0.29, 0.717) is 0 Å². The number of para-hydroxylation sites is 1. The first-order valence-corrected chi connectivity index (χ1v) is 19.2. The summed E-state index contributed by atoms with van der Waals surface area (Å²) in [4.78, 5) is 13.9. The Bertz CT molecular complexity index is 2530. The maximum atomic E-state index is 4.74. The van der Waals surface area contributed by atoms with E-state index < -0.39 is 0 Å². The Hall–Kier alpha value is -5.29. The number of aryl methyl sites for hydroxylation is 3. The van der Waals surface area contributed by atoms with Crippen molar-refractivity contribution < 1.29 is 20.1 Å². The van der Waals surface area contributed by atoms with Crippen LogP contribution < -0.4 is 26.2 Å². The Labute approximate surface area is 347 Å². The monoisotopic (exact) mass is 907 g/mol. The number of fused-ring (bicyclic) bond motifs is 4. The molecule has 0 atom stereocenters. The van der Waals surface area contributed by atoms with Gasteiger partial charge >= 0.3 is 0 Å². The van der Waals surface area contributed by atoms with E-state index in [9.17, 15) is 0 Å². The smallest absolute Gasteiger partial charge is 0.233 e. The Balaban J connectivity index is 0.000000188. The predicted octanol–water partition coefficient (Wildman–Crippen LogP) is 9.95. The maximum Gasteiger partial charge on any atom is 0.233 e. The molecule has 0 unspecified atom stereocenters. The van der Waals surface area contributed by atoms with Gasteiger partial charge in [0, 0.05) is 63.7 Å². The van der Waals surface area contributed by atoms with Crippen molar-refractivity contribution in [2.75, 3.05) is 23.9 Å². The van der Waals surface area contributed by atoms with Gasteiger partial charge in [-0.15, -0.1) is 58.6 Å². The Morgan fingerprint density at radius 2 is 1.25 bits per heavy atom. The quantitative estimate of drug-likeness (QED) is 0.130. The third kappa shape index (κ3) is 7.49. The SMILES string of the molecule is CN1c2c[c-]c(-c3cc(CC(C)(C)C)ccn3)cc2B2c3ccccc3N(C)c3cccc1c32.Cc1cnc(-c2[c-]cc(C)c(-c3ccccc3)c2)cc1C.[Ir]. The molecular weight excluding hydrogens is 860 g/mol. The molecule has 281 valence electrons. The number of aromatic nitrogens is 2. The van der Waals surface area contributed by atoms with E-state index in [1.165, 1.54) is 72.5 Å². The second-order valence-corrected chi connectivity index (χ2v) is 16.3. The average Bonchev–Trinajstić information content (AvgIpc) is 3.19. The Morgan fingerprint density at radius 3 is 1.98 bits per heavy atom. The minimum atomic E-state index is 0. The fraction of sp³-hybridized carbons (Fsp3) is 0.200. The summed E-state index contributed by atoms with van der Waals surface area (Å²) in [5.74, 6) is 0. The van der Waals surface area contributed by atoms with Crippen LogP contribution in [0, 0.1) is 38.3 Å². The van der Waals surface area contributed by atoms with Gasteiger partial charge in [-0.25, -0.2) is 0 Å². The van der Waals surface area contributed by atoms with Gasteiger partial charge in [0.1, 0.15) is 0 Å². The van der Waals surface area contributed by atoms with E-state index in [0.717, 1.165) is 28.9 Å². The van der Waals surface area contributed by atoms with Gasteiger partial charge in [0.25, 0.3) is 0 Å². The van der Waals surface area contributed by atoms with Crippen molar-refractivity contribution in [1.82, 2.24) is 9.97 Å². The topological polar surface area (TPSA) is 32.3 Å². The van der Waals surface area contributed by atoms with Crippen LogP contribution in [-0.2, 0) is 26.5 Å². The van der Waals surface area contributed by atoms with E-state index in [-0.39, 0.29) is 32.2 Å². The molecule has 56 heavy (non-hydrogen) atoms. The summed E-state index contributed by atoms with van der Waals surface area (Å²) in [6.45, 7) is 13.3. The minimum absolute atomic E-state index is 0. The molecule has 0 fully saturated rings. The fourth-order valence-corrected chi connectivity index (χ4v) is 8.12. The first-order chi connectivity index (χ1) is 26.5. The molecule has 4 nitrogen and oxygen atoms in total. The molecule has 2 aliphatic rings. The average molecular weight is 907 g/mol. The molecular formula is C50H47BIrN4-2. The summed E-state index contributed by atoms with van der Waals surface area (Å²) in [5.41, 5.74) is 20.9. The molecule has 2 aliphatic heterocycles. The van der Waals surface area contributed by atoms with Gasteiger partial charge in [0.2, 0.25) is 6.71 Å². The molecule has 1 radical (unpaired) electrons. The summed E-state index contributed by atoms with van der Waals surface area (Å²) in [6, 6.07) is 48.0. The summed E-state index contributed by atoms with van der Waals surface area (Å²) in [6.07, 6.45) is 4.89. The maximum absolute atomic E-state index is 4.74. The number of rotatable bonds is 4. The van der Waals surface area contributed by atoms with Crippen LogP contribution in [0.2, 0.25) is 0 Å². The molecule has 5 aromatic carbocycles. The van der Waals surface area contributed by atoms with E-state index in [4.69, 9.17) is 4.98 Å². The molecule has 6 heteroatoms. The van der Waals surface area contributed by atoms with Gasteiger partial charge in [-0.3, -0.25) is 0 Å². The van der Waals surface area contributed by atoms with E-state index >= 15 is 0 Å². The van der Waals surface area contributed by atoms with Crippen LogP contribution in [0.15, 0.2) is 128 Å². The second kappa shape index (κ2) is 15.7. The van der Waals surface area contributed by atoms with Gasteiger partial charge in [-0.05, 0) is 89.1 Å². The largest absolute Gasteiger partial charge is 0.385 e. The molecule has 9 rings (SSSR count). The summed E-state index contributed by atoms with van der Waals surface area (Å²) in [5, 5.41) is 0. The number of pyridine rings is 2. The van der Waals surface area contributed by atoms with E-state index in [1.807, 2.05) is 18.5 Å². The Morgan fingerprint density at radius 1 is 0.607 bits per heavy atom. The first-order valence-electron chi connectivity index (χ1n) is 19.2. The third-order valence-corrected chi connectivity index (χ3v) is 11.0. The molecule has 0 saturated heterocycles. The van der Waals surface area contributed by atoms with Crippen LogP contribution in [0.1, 0.15) is 43.0 Å². The predicted molar refractivity (Wildman–Crippen MR) is 233 cm³/mol. The van der Waals surface area contributed by atoms with Crippen LogP contribution in [0.4, 0.5) is 22.7 Å². The van der Waals surface area contributed by atoms with Crippen molar-refractivity contribution in [3.8, 4) is 33.6 Å². The van der Waals surface area contributed by atoms with Crippen molar-refractivity contribution in [2.45, 2.75) is 48.0 Å². The van der Waals surface area contributed by atoms with E-state index in [1.54, 1.807) is 0 Å². The molecule has 2 aromatic heterocycles. The van der Waals surface area contributed by atoms with Crippen molar-refractivity contribution in [2.24, 2.45) is 5.41 Å². The summed E-state index contributed by atoms with van der Waals surface area (Å²) in [7, 11) is 4.34. The normalized spacial score (nSPS) is 12.5. The van der Waals surface area contributed by atoms with Crippen molar-refractivity contribution in [3.05, 3.63) is 162 Å². The van der Waals surface area contributed by atoms with Crippen LogP contribution in [0.25, 0.3) is 33.6 Å². The molecule has 0 amide bonds. The summed E-state index contributed by atoms with van der Waals surface area (Å²) >= 11 is 0. The third-order valence-electron chi connectivity index (χ3n) is 11.0. The zero-order valence-electron chi connectivity index (χ0n) is 33.5. The fourth-order valence-electron chi connectivity index (χ4n) is 8.12. The first kappa shape index (κ1) is 39.0. The molecule has 7 aromatic rings. The molecule has 0 aliphatic carbocycles. The van der Waals surface area contributed by atoms with Crippen molar-refractivity contribution >= 4 is 45.9 Å². The second-order valence-electron chi connectivity index (χ2n) is 16.3. The number of anilines is 4. The minimum Gasteiger partial charge on any atom is -0.385 e. The summed E-state index contributed by atoms with van der Waals surface area (Å²) < 4.78 is 0. The van der Waals surface area contributed by atoms with E-state index in [2.05, 4.69) is 192 Å². The standard InChI is InChI=1S/C30H29BN3.C20H18N.Ir/c1-30(2,3)19-20-15-16-32-24(17-20)21-13-14-26-23(18-21)31-22-9-6-7-10-25(22)33(4)27-11-8-12-28(29(27)31)34(26)5;1-14-9-10-18(20-11-15(2)16(3)13-21-20)12-19(14)17-7-5-4-6-8-17;/h6-12,14-18H,19H2,1-5H3;4-9,11-13H,1-3H3;/q2*-1;. The van der Waals surface area contributed by atoms with Gasteiger partial charge in [-0.1, -0.05) is 111 Å². The molecule has 4 heterocycles. The van der Waals surface area contributed by atoms with Crippen LogP contribution in [0.5, 0.6) is 0 Å². The molecule has 0 spiro atoms. The zero-order valence-corrected chi connectivity index (χ0v) is 35.9. The number of benzene rings is 5. The molecule has 0 saturated carbocycles. The van der Waals surface area contributed by atoms with Crippen molar-refractivity contribution in [3.63, 3.8) is 0 Å². The number of hydrogen-bond donors (Lipinski definition) is 0. The van der Waals surface area contributed by atoms with Gasteiger partial charge in [0.15, 0.2) is 0 Å².